The zero-order valence-corrected chi connectivity index (χ0v) is 17.0. The van der Waals surface area contributed by atoms with Crippen molar-refractivity contribution in [1.29, 1.82) is 0 Å². The van der Waals surface area contributed by atoms with E-state index in [9.17, 15) is 9.18 Å². The van der Waals surface area contributed by atoms with Gasteiger partial charge in [-0.2, -0.15) is 0 Å². The predicted octanol–water partition coefficient (Wildman–Crippen LogP) is 4.34. The number of carbonyl (C=O) groups excluding carboxylic acids is 1. The van der Waals surface area contributed by atoms with Crippen LogP contribution in [0.2, 0.25) is 0 Å². The van der Waals surface area contributed by atoms with Crippen molar-refractivity contribution in [2.24, 2.45) is 5.92 Å². The van der Waals surface area contributed by atoms with Crippen LogP contribution in [0.1, 0.15) is 30.1 Å². The summed E-state index contributed by atoms with van der Waals surface area (Å²) in [6.45, 7) is 3.26. The smallest absolute Gasteiger partial charge is 0.260 e. The molecule has 1 aromatic carbocycles. The van der Waals surface area contributed by atoms with Crippen molar-refractivity contribution in [2.45, 2.75) is 25.8 Å². The Kier molecular flexibility index (Phi) is 6.31. The highest BCUT2D eigenvalue weighted by Crippen LogP contribution is 2.28. The average Bonchev–Trinajstić information content (AvgIpc) is 2.67. The molecular weight excluding hydrogens is 413 g/mol. The van der Waals surface area contributed by atoms with Gasteiger partial charge in [-0.25, -0.2) is 9.37 Å². The van der Waals surface area contributed by atoms with Gasteiger partial charge in [0.2, 0.25) is 0 Å². The molecule has 0 unspecified atom stereocenters. The number of nitrogens with one attached hydrogen (secondary N) is 1. The third-order valence-corrected chi connectivity index (χ3v) is 5.33. The van der Waals surface area contributed by atoms with Crippen LogP contribution >= 0.6 is 15.9 Å². The SMILES string of the molecule is COc1cccc(F)c1C(=O)N1C[C@@H](C)CC[C@H]1CNc1ccc(Br)cn1. The lowest BCUT2D eigenvalue weighted by Gasteiger charge is -2.39. The van der Waals surface area contributed by atoms with Gasteiger partial charge in [-0.1, -0.05) is 13.0 Å². The van der Waals surface area contributed by atoms with Crippen LogP contribution in [0.5, 0.6) is 5.75 Å². The molecule has 1 fully saturated rings. The first kappa shape index (κ1) is 19.6. The monoisotopic (exact) mass is 435 g/mol. The van der Waals surface area contributed by atoms with Crippen molar-refractivity contribution in [3.63, 3.8) is 0 Å². The lowest BCUT2D eigenvalue weighted by Crippen LogP contribution is -2.49. The maximum atomic E-state index is 14.4. The van der Waals surface area contributed by atoms with Gasteiger partial charge in [-0.15, -0.1) is 0 Å². The number of aromatic nitrogens is 1. The number of carbonyl (C=O) groups is 1. The summed E-state index contributed by atoms with van der Waals surface area (Å²) in [6.07, 6.45) is 3.60. The van der Waals surface area contributed by atoms with Gasteiger partial charge in [0.1, 0.15) is 22.9 Å². The molecule has 0 aliphatic carbocycles. The number of hydrogen-bond acceptors (Lipinski definition) is 4. The molecule has 2 aromatic rings. The molecule has 1 N–H and O–H groups in total. The number of halogens is 2. The van der Waals surface area contributed by atoms with E-state index in [1.54, 1.807) is 23.2 Å². The van der Waals surface area contributed by atoms with Crippen molar-refractivity contribution >= 4 is 27.7 Å². The Labute approximate surface area is 167 Å². The van der Waals surface area contributed by atoms with E-state index >= 15 is 0 Å². The van der Waals surface area contributed by atoms with Gasteiger partial charge in [-0.05, 0) is 59.0 Å². The largest absolute Gasteiger partial charge is 0.496 e. The second kappa shape index (κ2) is 8.69. The summed E-state index contributed by atoms with van der Waals surface area (Å²) in [4.78, 5) is 19.2. The van der Waals surface area contributed by atoms with Crippen LogP contribution in [-0.2, 0) is 0 Å². The second-order valence-corrected chi connectivity index (χ2v) is 7.77. The van der Waals surface area contributed by atoms with Crippen LogP contribution in [0.25, 0.3) is 0 Å². The van der Waals surface area contributed by atoms with Gasteiger partial charge in [-0.3, -0.25) is 4.79 Å². The number of methoxy groups -OCH3 is 1. The van der Waals surface area contributed by atoms with Crippen molar-refractivity contribution in [3.8, 4) is 5.75 Å². The summed E-state index contributed by atoms with van der Waals surface area (Å²) >= 11 is 3.36. The normalized spacial score (nSPS) is 19.6. The molecule has 3 rings (SSSR count). The third-order valence-electron chi connectivity index (χ3n) is 4.86. The second-order valence-electron chi connectivity index (χ2n) is 6.85. The summed E-state index contributed by atoms with van der Waals surface area (Å²) in [5.74, 6) is 0.493. The first-order valence-electron chi connectivity index (χ1n) is 8.98. The Bertz CT molecular complexity index is 800. The van der Waals surface area contributed by atoms with E-state index in [-0.39, 0.29) is 23.3 Å². The van der Waals surface area contributed by atoms with Crippen molar-refractivity contribution in [3.05, 3.63) is 52.4 Å². The minimum atomic E-state index is -0.557. The topological polar surface area (TPSA) is 54.5 Å². The molecule has 27 heavy (non-hydrogen) atoms. The van der Waals surface area contributed by atoms with E-state index in [0.717, 1.165) is 23.1 Å². The maximum absolute atomic E-state index is 14.4. The van der Waals surface area contributed by atoms with Gasteiger partial charge in [0.05, 0.1) is 7.11 Å². The van der Waals surface area contributed by atoms with Crippen molar-refractivity contribution < 1.29 is 13.9 Å². The Morgan fingerprint density at radius 1 is 1.37 bits per heavy atom. The molecule has 1 aromatic heterocycles. The Hall–Kier alpha value is -2.15. The standard InChI is InChI=1S/C20H23BrFN3O2/c1-13-6-8-15(11-24-18-9-7-14(21)10-23-18)25(12-13)20(26)19-16(22)4-3-5-17(19)27-2/h3-5,7,9-10,13,15H,6,8,11-12H2,1-2H3,(H,23,24)/t13-,15-/m0/s1. The number of pyridine rings is 1. The number of rotatable bonds is 5. The molecule has 1 aliphatic rings. The zero-order valence-electron chi connectivity index (χ0n) is 15.4. The zero-order chi connectivity index (χ0) is 19.4. The van der Waals surface area contributed by atoms with E-state index in [0.29, 0.717) is 19.0 Å². The van der Waals surface area contributed by atoms with E-state index in [1.165, 1.54) is 13.2 Å². The lowest BCUT2D eigenvalue weighted by molar-refractivity contribution is 0.0557. The number of nitrogens with zero attached hydrogens (tertiary/aromatic N) is 2. The maximum Gasteiger partial charge on any atom is 0.260 e. The molecule has 1 aliphatic heterocycles. The number of ether oxygens (including phenoxy) is 1. The molecule has 2 atom stereocenters. The minimum absolute atomic E-state index is 0.000802. The predicted molar refractivity (Wildman–Crippen MR) is 107 cm³/mol. The molecule has 1 saturated heterocycles. The van der Waals surface area contributed by atoms with Crippen molar-refractivity contribution in [1.82, 2.24) is 9.88 Å². The van der Waals surface area contributed by atoms with Crippen LogP contribution in [0, 0.1) is 11.7 Å². The molecule has 7 heteroatoms. The van der Waals surface area contributed by atoms with E-state index in [1.807, 2.05) is 12.1 Å². The van der Waals surface area contributed by atoms with Crippen LogP contribution in [-0.4, -0.2) is 42.0 Å². The fourth-order valence-electron chi connectivity index (χ4n) is 3.40. The molecular formula is C20H23BrFN3O2. The summed E-state index contributed by atoms with van der Waals surface area (Å²) < 4.78 is 20.5. The fourth-order valence-corrected chi connectivity index (χ4v) is 3.63. The van der Waals surface area contributed by atoms with Crippen LogP contribution in [0.3, 0.4) is 0 Å². The first-order chi connectivity index (χ1) is 13.0. The summed E-state index contributed by atoms with van der Waals surface area (Å²) in [6, 6.07) is 8.20. The number of hydrogen-bond donors (Lipinski definition) is 1. The summed E-state index contributed by atoms with van der Waals surface area (Å²) in [7, 11) is 1.45. The Morgan fingerprint density at radius 2 is 2.19 bits per heavy atom. The Morgan fingerprint density at radius 3 is 2.89 bits per heavy atom. The lowest BCUT2D eigenvalue weighted by atomic mass is 9.93. The highest BCUT2D eigenvalue weighted by atomic mass is 79.9. The van der Waals surface area contributed by atoms with E-state index < -0.39 is 5.82 Å². The highest BCUT2D eigenvalue weighted by molar-refractivity contribution is 9.10. The summed E-state index contributed by atoms with van der Waals surface area (Å²) in [5.41, 5.74) is 0.000802. The van der Waals surface area contributed by atoms with Crippen molar-refractivity contribution in [2.75, 3.05) is 25.5 Å². The molecule has 5 nitrogen and oxygen atoms in total. The van der Waals surface area contributed by atoms with Gasteiger partial charge in [0.25, 0.3) is 5.91 Å². The van der Waals surface area contributed by atoms with Gasteiger partial charge in [0, 0.05) is 29.8 Å². The summed E-state index contributed by atoms with van der Waals surface area (Å²) in [5, 5.41) is 3.29. The van der Waals surface area contributed by atoms with Gasteiger partial charge < -0.3 is 15.0 Å². The van der Waals surface area contributed by atoms with E-state index in [2.05, 4.69) is 33.2 Å². The molecule has 0 spiro atoms. The fraction of sp³-hybridized carbons (Fsp3) is 0.400. The number of anilines is 1. The number of amides is 1. The molecule has 0 saturated carbocycles. The molecule has 2 heterocycles. The Balaban J connectivity index is 1.79. The molecule has 0 bridgehead atoms. The van der Waals surface area contributed by atoms with Gasteiger partial charge in [0.15, 0.2) is 0 Å². The minimum Gasteiger partial charge on any atom is -0.496 e. The average molecular weight is 436 g/mol. The number of likely N-dealkylation sites (tertiary alicyclic amines) is 1. The van der Waals surface area contributed by atoms with E-state index in [4.69, 9.17) is 4.74 Å². The van der Waals surface area contributed by atoms with Gasteiger partial charge >= 0.3 is 0 Å². The number of piperidine rings is 1. The quantitative estimate of drug-likeness (QED) is 0.758. The van der Waals surface area contributed by atoms with Crippen LogP contribution in [0.15, 0.2) is 41.0 Å². The number of benzene rings is 1. The molecule has 0 radical (unpaired) electrons. The molecule has 144 valence electrons. The van der Waals surface area contributed by atoms with Crippen LogP contribution < -0.4 is 10.1 Å². The first-order valence-corrected chi connectivity index (χ1v) is 9.77. The molecule has 1 amide bonds. The highest BCUT2D eigenvalue weighted by Gasteiger charge is 2.33. The van der Waals surface area contributed by atoms with Crippen LogP contribution in [0.4, 0.5) is 10.2 Å². The third kappa shape index (κ3) is 4.58.